The van der Waals surface area contributed by atoms with E-state index in [1.807, 2.05) is 24.4 Å². The van der Waals surface area contributed by atoms with Gasteiger partial charge in [0.2, 0.25) is 0 Å². The molecule has 1 aromatic carbocycles. The quantitative estimate of drug-likeness (QED) is 0.863. The minimum atomic E-state index is 0.00452. The number of hydrogen-bond donors (Lipinski definition) is 2. The number of aliphatic hydroxyl groups is 2. The highest BCUT2D eigenvalue weighted by Crippen LogP contribution is 2.40. The molecule has 3 aliphatic rings. The van der Waals surface area contributed by atoms with Crippen LogP contribution in [0.2, 0.25) is 0 Å². The van der Waals surface area contributed by atoms with Gasteiger partial charge < -0.3 is 14.9 Å². The molecule has 3 fully saturated rings. The van der Waals surface area contributed by atoms with Gasteiger partial charge in [-0.05, 0) is 73.2 Å². The Labute approximate surface area is 153 Å². The average molecular weight is 354 g/mol. The molecular weight excluding hydrogens is 328 g/mol. The van der Waals surface area contributed by atoms with Crippen LogP contribution in [0.1, 0.15) is 25.3 Å². The van der Waals surface area contributed by atoms with E-state index in [0.29, 0.717) is 18.6 Å². The average Bonchev–Trinajstić information content (AvgIpc) is 2.71. The Balaban J connectivity index is 1.74. The third kappa shape index (κ3) is 3.11. The number of pyridine rings is 1. The fourth-order valence-electron chi connectivity index (χ4n) is 4.47. The fourth-order valence-corrected chi connectivity index (χ4v) is 4.47. The van der Waals surface area contributed by atoms with Gasteiger partial charge in [0.15, 0.2) is 0 Å². The van der Waals surface area contributed by atoms with Crippen molar-refractivity contribution in [2.45, 2.75) is 25.8 Å². The van der Waals surface area contributed by atoms with Gasteiger partial charge in [0.25, 0.3) is 0 Å². The molecule has 2 N–H and O–H groups in total. The van der Waals surface area contributed by atoms with Crippen LogP contribution in [-0.4, -0.2) is 59.0 Å². The van der Waals surface area contributed by atoms with Crippen molar-refractivity contribution >= 4 is 16.5 Å². The van der Waals surface area contributed by atoms with Crippen molar-refractivity contribution in [2.24, 2.45) is 5.92 Å². The maximum atomic E-state index is 9.60. The van der Waals surface area contributed by atoms with Gasteiger partial charge in [0.05, 0.1) is 18.7 Å². The monoisotopic (exact) mass is 354 g/mol. The van der Waals surface area contributed by atoms with Gasteiger partial charge in [-0.25, -0.2) is 0 Å². The Morgan fingerprint density at radius 3 is 2.92 bits per heavy atom. The number of allylic oxidation sites excluding steroid dienone is 1. The number of aromatic nitrogens is 1. The van der Waals surface area contributed by atoms with Gasteiger partial charge in [0.1, 0.15) is 12.4 Å². The van der Waals surface area contributed by atoms with E-state index in [1.54, 1.807) is 0 Å². The van der Waals surface area contributed by atoms with E-state index < -0.39 is 0 Å². The van der Waals surface area contributed by atoms with E-state index in [1.165, 1.54) is 23.1 Å². The summed E-state index contributed by atoms with van der Waals surface area (Å²) in [6, 6.07) is 8.30. The topological polar surface area (TPSA) is 65.8 Å². The van der Waals surface area contributed by atoms with E-state index >= 15 is 0 Å². The standard InChI is InChI=1S/C21H26N2O3/c1-14(20-12-23-7-5-15(20)10-16(23)13-25)18-4-6-22-21-3-2-17(11-19(18)21)26-9-8-24/h2-4,6,11,15-16,24-25H,5,7-10,12-13H2,1H3/b20-14-. The first-order chi connectivity index (χ1) is 12.7. The molecule has 26 heavy (non-hydrogen) atoms. The van der Waals surface area contributed by atoms with Crippen LogP contribution in [0.4, 0.5) is 0 Å². The van der Waals surface area contributed by atoms with Crippen molar-refractivity contribution in [1.82, 2.24) is 9.88 Å². The lowest BCUT2D eigenvalue weighted by Crippen LogP contribution is -2.51. The van der Waals surface area contributed by atoms with Crippen LogP contribution in [-0.2, 0) is 0 Å². The molecule has 3 unspecified atom stereocenters. The molecule has 3 atom stereocenters. The first-order valence-electron chi connectivity index (χ1n) is 9.38. The highest BCUT2D eigenvalue weighted by Gasteiger charge is 2.37. The van der Waals surface area contributed by atoms with Crippen LogP contribution in [0, 0.1) is 5.92 Å². The third-order valence-corrected chi connectivity index (χ3v) is 5.87. The fraction of sp³-hybridized carbons (Fsp3) is 0.476. The minimum Gasteiger partial charge on any atom is -0.491 e. The summed E-state index contributed by atoms with van der Waals surface area (Å²) in [7, 11) is 0. The van der Waals surface area contributed by atoms with Gasteiger partial charge >= 0.3 is 0 Å². The van der Waals surface area contributed by atoms with Crippen molar-refractivity contribution in [1.29, 1.82) is 0 Å². The first kappa shape index (κ1) is 17.5. The largest absolute Gasteiger partial charge is 0.491 e. The zero-order valence-electron chi connectivity index (χ0n) is 15.2. The number of ether oxygens (including phenoxy) is 1. The first-order valence-corrected chi connectivity index (χ1v) is 9.38. The smallest absolute Gasteiger partial charge is 0.120 e. The van der Waals surface area contributed by atoms with Gasteiger partial charge in [-0.2, -0.15) is 0 Å². The number of aliphatic hydroxyl groups excluding tert-OH is 2. The van der Waals surface area contributed by atoms with Crippen molar-refractivity contribution < 1.29 is 14.9 Å². The number of rotatable bonds is 5. The van der Waals surface area contributed by atoms with Crippen LogP contribution in [0.3, 0.4) is 0 Å². The molecule has 5 heteroatoms. The molecule has 138 valence electrons. The number of fused-ring (bicyclic) bond motifs is 4. The van der Waals surface area contributed by atoms with E-state index in [2.05, 4.69) is 22.9 Å². The molecule has 5 nitrogen and oxygen atoms in total. The summed E-state index contributed by atoms with van der Waals surface area (Å²) in [5.74, 6) is 1.32. The lowest BCUT2D eigenvalue weighted by atomic mass is 9.77. The number of nitrogens with zero attached hydrogens (tertiary/aromatic N) is 2. The summed E-state index contributed by atoms with van der Waals surface area (Å²) >= 11 is 0. The Morgan fingerprint density at radius 2 is 2.19 bits per heavy atom. The Morgan fingerprint density at radius 1 is 1.31 bits per heavy atom. The lowest BCUT2D eigenvalue weighted by molar-refractivity contribution is 0.0500. The number of hydrogen-bond acceptors (Lipinski definition) is 5. The molecule has 0 radical (unpaired) electrons. The van der Waals surface area contributed by atoms with Gasteiger partial charge in [-0.15, -0.1) is 0 Å². The summed E-state index contributed by atoms with van der Waals surface area (Å²) in [6.45, 7) is 4.80. The summed E-state index contributed by atoms with van der Waals surface area (Å²) in [5, 5.41) is 19.7. The second kappa shape index (κ2) is 7.35. The van der Waals surface area contributed by atoms with Gasteiger partial charge in [0, 0.05) is 24.2 Å². The van der Waals surface area contributed by atoms with Gasteiger partial charge in [-0.3, -0.25) is 9.88 Å². The molecule has 1 aromatic heterocycles. The summed E-state index contributed by atoms with van der Waals surface area (Å²) in [5.41, 5.74) is 4.97. The van der Waals surface area contributed by atoms with Crippen LogP contribution >= 0.6 is 0 Å². The second-order valence-electron chi connectivity index (χ2n) is 7.29. The molecule has 2 aromatic rings. The molecule has 0 spiro atoms. The van der Waals surface area contributed by atoms with Crippen LogP contribution < -0.4 is 4.74 Å². The molecule has 3 saturated heterocycles. The zero-order valence-corrected chi connectivity index (χ0v) is 15.2. The van der Waals surface area contributed by atoms with E-state index in [4.69, 9.17) is 9.84 Å². The van der Waals surface area contributed by atoms with Crippen molar-refractivity contribution in [3.8, 4) is 5.75 Å². The van der Waals surface area contributed by atoms with Crippen molar-refractivity contribution in [3.05, 3.63) is 41.6 Å². The molecule has 4 heterocycles. The van der Waals surface area contributed by atoms with Gasteiger partial charge in [-0.1, -0.05) is 0 Å². The SMILES string of the molecule is C/C(=C1\CN2CCC1CC2CO)c1ccnc2ccc(OCCO)cc12. The Bertz CT molecular complexity index is 833. The predicted octanol–water partition coefficient (Wildman–Crippen LogP) is 2.47. The molecule has 0 saturated carbocycles. The summed E-state index contributed by atoms with van der Waals surface area (Å²) in [4.78, 5) is 6.91. The highest BCUT2D eigenvalue weighted by atomic mass is 16.5. The number of benzene rings is 1. The van der Waals surface area contributed by atoms with E-state index in [9.17, 15) is 5.11 Å². The maximum absolute atomic E-state index is 9.60. The third-order valence-electron chi connectivity index (χ3n) is 5.87. The molecule has 2 bridgehead atoms. The van der Waals surface area contributed by atoms with Crippen LogP contribution in [0.15, 0.2) is 36.0 Å². The normalized spacial score (nSPS) is 27.0. The van der Waals surface area contributed by atoms with Crippen molar-refractivity contribution in [3.63, 3.8) is 0 Å². The van der Waals surface area contributed by atoms with E-state index in [-0.39, 0.29) is 13.2 Å². The van der Waals surface area contributed by atoms with E-state index in [0.717, 1.165) is 36.2 Å². The zero-order chi connectivity index (χ0) is 18.1. The van der Waals surface area contributed by atoms with Crippen LogP contribution in [0.5, 0.6) is 5.75 Å². The number of piperidine rings is 3. The molecule has 3 aliphatic heterocycles. The molecular formula is C21H26N2O3. The maximum Gasteiger partial charge on any atom is 0.120 e. The molecule has 5 rings (SSSR count). The Hall–Kier alpha value is -1.95. The lowest BCUT2D eigenvalue weighted by Gasteiger charge is -2.47. The van der Waals surface area contributed by atoms with Crippen LogP contribution in [0.25, 0.3) is 16.5 Å². The second-order valence-corrected chi connectivity index (χ2v) is 7.29. The molecule has 0 aliphatic carbocycles. The molecule has 0 amide bonds. The highest BCUT2D eigenvalue weighted by molar-refractivity contribution is 5.92. The van der Waals surface area contributed by atoms with Crippen molar-refractivity contribution in [2.75, 3.05) is 32.9 Å². The Kier molecular flexibility index (Phi) is 4.94. The summed E-state index contributed by atoms with van der Waals surface area (Å²) in [6.07, 6.45) is 4.10. The predicted molar refractivity (Wildman–Crippen MR) is 102 cm³/mol. The minimum absolute atomic E-state index is 0.00452. The summed E-state index contributed by atoms with van der Waals surface area (Å²) < 4.78 is 5.59.